The minimum absolute atomic E-state index is 0.181. The Balaban J connectivity index is 1.69. The molecule has 2 aromatic heterocycles. The largest absolute Gasteiger partial charge is 0.598 e. The van der Waals surface area contributed by atoms with Crippen LogP contribution in [0.25, 0.3) is 11.2 Å². The van der Waals surface area contributed by atoms with E-state index in [0.29, 0.717) is 11.2 Å². The van der Waals surface area contributed by atoms with Gasteiger partial charge in [0.2, 0.25) is 0 Å². The molecule has 0 bridgehead atoms. The van der Waals surface area contributed by atoms with Crippen molar-refractivity contribution in [1.29, 1.82) is 0 Å². The highest BCUT2D eigenvalue weighted by molar-refractivity contribution is 7.94. The molecule has 4 rings (SSSR count). The lowest BCUT2D eigenvalue weighted by atomic mass is 10.2. The maximum atomic E-state index is 13.2. The van der Waals surface area contributed by atoms with Crippen molar-refractivity contribution in [2.24, 2.45) is 0 Å². The van der Waals surface area contributed by atoms with Crippen LogP contribution in [0.1, 0.15) is 16.1 Å². The topological polar surface area (TPSA) is 111 Å². The summed E-state index contributed by atoms with van der Waals surface area (Å²) in [5.41, 5.74) is 1.06. The number of hydrogen-bond acceptors (Lipinski definition) is 6. The molecule has 0 aliphatic carbocycles. The monoisotopic (exact) mass is 427 g/mol. The molecule has 0 spiro atoms. The molecule has 1 amide bonds. The van der Waals surface area contributed by atoms with Gasteiger partial charge in [-0.25, -0.2) is 9.97 Å². The van der Waals surface area contributed by atoms with Gasteiger partial charge in [0.25, 0.3) is 11.5 Å². The number of amides is 1. The predicted molar refractivity (Wildman–Crippen MR) is 112 cm³/mol. The van der Waals surface area contributed by atoms with E-state index >= 15 is 0 Å². The first-order valence-electron chi connectivity index (χ1n) is 9.48. The van der Waals surface area contributed by atoms with Crippen molar-refractivity contribution in [2.75, 3.05) is 32.4 Å². The Morgan fingerprint density at radius 3 is 2.47 bits per heavy atom. The molecule has 1 aliphatic heterocycles. The molecule has 1 aliphatic rings. The minimum atomic E-state index is -3.31. The average molecular weight is 427 g/mol. The first-order valence-corrected chi connectivity index (χ1v) is 11.3. The molecule has 1 saturated heterocycles. The summed E-state index contributed by atoms with van der Waals surface area (Å²) in [6.07, 6.45) is 2.72. The predicted octanol–water partition coefficient (Wildman–Crippen LogP) is 0.772. The Kier molecular flexibility index (Phi) is 5.46. The van der Waals surface area contributed by atoms with Crippen LogP contribution in [0.15, 0.2) is 53.5 Å². The van der Waals surface area contributed by atoms with Crippen LogP contribution in [-0.2, 0) is 21.2 Å². The quantitative estimate of drug-likeness (QED) is 0.569. The van der Waals surface area contributed by atoms with E-state index in [-0.39, 0.29) is 38.4 Å². The molecule has 10 heteroatoms. The third-order valence-corrected chi connectivity index (χ3v) is 6.39. The molecule has 1 atom stereocenters. The number of hydrogen-bond donors (Lipinski definition) is 0. The smallest absolute Gasteiger partial charge is 0.284 e. The van der Waals surface area contributed by atoms with Crippen molar-refractivity contribution in [3.63, 3.8) is 0 Å². The summed E-state index contributed by atoms with van der Waals surface area (Å²) >= 11 is 0. The van der Waals surface area contributed by atoms with Gasteiger partial charge in [-0.05, 0) is 17.7 Å². The second kappa shape index (κ2) is 8.05. The molecule has 156 valence electrons. The Morgan fingerprint density at radius 2 is 1.80 bits per heavy atom. The van der Waals surface area contributed by atoms with Crippen molar-refractivity contribution in [3.05, 3.63) is 70.3 Å². The van der Waals surface area contributed by atoms with E-state index in [2.05, 4.69) is 9.97 Å². The number of fused-ring (bicyclic) bond motifs is 1. The van der Waals surface area contributed by atoms with Gasteiger partial charge in [-0.1, -0.05) is 34.5 Å². The molecule has 9 nitrogen and oxygen atoms in total. The summed E-state index contributed by atoms with van der Waals surface area (Å²) in [4.78, 5) is 36.4. The standard InChI is InChI=1S/C20H21N5O4S/c1-30(28,29)24-12-10-23(11-13-24)19(26)17-20(27)25(14-15-6-3-2-4-7-15)18-16(22-17)8-5-9-21-18/h2-9H,10-14H2,1H3. The summed E-state index contributed by atoms with van der Waals surface area (Å²) in [6, 6.07) is 12.9. The van der Waals surface area contributed by atoms with Crippen LogP contribution in [0.4, 0.5) is 0 Å². The van der Waals surface area contributed by atoms with Gasteiger partial charge in [0.15, 0.2) is 11.3 Å². The van der Waals surface area contributed by atoms with E-state index in [1.54, 1.807) is 18.3 Å². The number of aromatic nitrogens is 3. The lowest BCUT2D eigenvalue weighted by Crippen LogP contribution is -2.52. The molecule has 0 N–H and O–H groups in total. The van der Waals surface area contributed by atoms with E-state index in [9.17, 15) is 18.4 Å². The molecule has 1 unspecified atom stereocenters. The number of rotatable bonds is 4. The Bertz CT molecular complexity index is 1180. The lowest BCUT2D eigenvalue weighted by molar-refractivity contribution is 0.0685. The molecular weight excluding hydrogens is 406 g/mol. The Morgan fingerprint density at radius 1 is 1.10 bits per heavy atom. The highest BCUT2D eigenvalue weighted by Gasteiger charge is 2.31. The van der Waals surface area contributed by atoms with E-state index in [1.165, 1.54) is 13.8 Å². The zero-order valence-electron chi connectivity index (χ0n) is 16.4. The number of benzene rings is 1. The fourth-order valence-electron chi connectivity index (χ4n) is 3.50. The van der Waals surface area contributed by atoms with Crippen molar-refractivity contribution < 1.29 is 13.6 Å². The normalized spacial score (nSPS) is 17.1. The zero-order chi connectivity index (χ0) is 21.3. The van der Waals surface area contributed by atoms with Gasteiger partial charge in [-0.3, -0.25) is 14.2 Å². The lowest BCUT2D eigenvalue weighted by Gasteiger charge is -2.34. The van der Waals surface area contributed by atoms with Crippen LogP contribution in [0.2, 0.25) is 0 Å². The van der Waals surface area contributed by atoms with Crippen LogP contribution in [0.5, 0.6) is 0 Å². The van der Waals surface area contributed by atoms with Gasteiger partial charge in [0.1, 0.15) is 22.2 Å². The number of nitrogens with zero attached hydrogens (tertiary/aromatic N) is 5. The molecule has 30 heavy (non-hydrogen) atoms. The van der Waals surface area contributed by atoms with Gasteiger partial charge in [0.05, 0.1) is 19.6 Å². The van der Waals surface area contributed by atoms with Gasteiger partial charge in [0, 0.05) is 19.3 Å². The summed E-state index contributed by atoms with van der Waals surface area (Å²) < 4.78 is 26.2. The fourth-order valence-corrected chi connectivity index (χ4v) is 4.33. The van der Waals surface area contributed by atoms with Crippen molar-refractivity contribution in [3.8, 4) is 0 Å². The first kappa shape index (κ1) is 20.3. The van der Waals surface area contributed by atoms with E-state index < -0.39 is 21.9 Å². The third-order valence-electron chi connectivity index (χ3n) is 5.08. The molecular formula is C20H21N5O4S. The van der Waals surface area contributed by atoms with Gasteiger partial charge in [-0.2, -0.15) is 0 Å². The van der Waals surface area contributed by atoms with Crippen LogP contribution < -0.4 is 5.56 Å². The van der Waals surface area contributed by atoms with Gasteiger partial charge < -0.3 is 9.45 Å². The second-order valence-electron chi connectivity index (χ2n) is 7.14. The third kappa shape index (κ3) is 4.02. The average Bonchev–Trinajstić information content (AvgIpc) is 2.75. The van der Waals surface area contributed by atoms with E-state index in [4.69, 9.17) is 0 Å². The number of pyridine rings is 1. The number of carbonyl (C=O) groups excluding carboxylic acids is 1. The molecule has 0 saturated carbocycles. The molecule has 3 heterocycles. The fraction of sp³-hybridized carbons (Fsp3) is 0.300. The number of piperazine rings is 1. The van der Waals surface area contributed by atoms with Gasteiger partial charge in [-0.15, -0.1) is 4.31 Å². The summed E-state index contributed by atoms with van der Waals surface area (Å²) in [5, 5.41) is 0. The number of carbonyl (C=O) groups is 1. The summed E-state index contributed by atoms with van der Waals surface area (Å²) in [7, 11) is -3.31. The van der Waals surface area contributed by atoms with Crippen LogP contribution >= 0.6 is 0 Å². The molecule has 1 fully saturated rings. The SMILES string of the molecule is C[S+](=O)([O-])N1CCN(C(=O)c2nc3cccnc3n(Cc3ccccc3)c2=O)CC1. The highest BCUT2D eigenvalue weighted by atomic mass is 32.3. The maximum absolute atomic E-state index is 13.2. The maximum Gasteiger partial charge on any atom is 0.284 e. The summed E-state index contributed by atoms with van der Waals surface area (Å²) in [5.74, 6) is -0.499. The van der Waals surface area contributed by atoms with Gasteiger partial charge >= 0.3 is 0 Å². The van der Waals surface area contributed by atoms with Crippen LogP contribution in [0, 0.1) is 0 Å². The van der Waals surface area contributed by atoms with E-state index in [0.717, 1.165) is 11.8 Å². The minimum Gasteiger partial charge on any atom is -0.598 e. The second-order valence-corrected chi connectivity index (χ2v) is 9.12. The van der Waals surface area contributed by atoms with Crippen LogP contribution in [0.3, 0.4) is 0 Å². The molecule has 3 aromatic rings. The van der Waals surface area contributed by atoms with Crippen molar-refractivity contribution in [2.45, 2.75) is 6.54 Å². The van der Waals surface area contributed by atoms with Crippen LogP contribution in [-0.4, -0.2) is 66.6 Å². The number of sulfonamides is 1. The molecule has 1 aromatic carbocycles. The first-order chi connectivity index (χ1) is 14.3. The van der Waals surface area contributed by atoms with E-state index in [1.807, 2.05) is 30.3 Å². The Labute approximate surface area is 174 Å². The van der Waals surface area contributed by atoms with Crippen molar-refractivity contribution >= 4 is 27.5 Å². The zero-order valence-corrected chi connectivity index (χ0v) is 17.2. The highest BCUT2D eigenvalue weighted by Crippen LogP contribution is 2.14. The van der Waals surface area contributed by atoms with Crippen molar-refractivity contribution in [1.82, 2.24) is 23.7 Å². The summed E-state index contributed by atoms with van der Waals surface area (Å²) in [6.45, 7) is 1.06. The molecule has 0 radical (unpaired) electrons. The Hall–Kier alpha value is -2.95.